The number of nitrogens with one attached hydrogen (secondary N) is 1. The van der Waals surface area contributed by atoms with E-state index in [2.05, 4.69) is 11.6 Å². The van der Waals surface area contributed by atoms with Crippen molar-refractivity contribution < 1.29 is 4.79 Å². The van der Waals surface area contributed by atoms with Crippen molar-refractivity contribution in [2.45, 2.75) is 12.8 Å². The molecule has 1 aromatic carbocycles. The Morgan fingerprint density at radius 3 is 2.87 bits per heavy atom. The number of carbonyl (C=O) groups excluding carboxylic acids is 1. The fourth-order valence-electron chi connectivity index (χ4n) is 2.21. The molecule has 15 heavy (non-hydrogen) atoms. The number of H-pyrrole nitrogens is 1. The molecule has 0 aliphatic heterocycles. The van der Waals surface area contributed by atoms with Gasteiger partial charge in [0.1, 0.15) is 0 Å². The predicted molar refractivity (Wildman–Crippen MR) is 60.1 cm³/mol. The number of hydrogen-bond donors (Lipinski definition) is 1. The quantitative estimate of drug-likeness (QED) is 0.647. The van der Waals surface area contributed by atoms with Crippen molar-refractivity contribution in [1.82, 2.24) is 4.98 Å². The van der Waals surface area contributed by atoms with E-state index in [1.165, 1.54) is 0 Å². The number of aromatic nitrogens is 1. The summed E-state index contributed by atoms with van der Waals surface area (Å²) < 4.78 is 0. The van der Waals surface area contributed by atoms with Crippen molar-refractivity contribution in [3.05, 3.63) is 47.7 Å². The van der Waals surface area contributed by atoms with E-state index >= 15 is 0 Å². The van der Waals surface area contributed by atoms with Gasteiger partial charge in [-0.25, -0.2) is 0 Å². The van der Waals surface area contributed by atoms with Gasteiger partial charge in [0.25, 0.3) is 0 Å². The first-order chi connectivity index (χ1) is 7.27. The molecular weight excluding hydrogens is 186 g/mol. The number of aromatic amines is 1. The summed E-state index contributed by atoms with van der Waals surface area (Å²) in [5.74, 6) is 0.105. The van der Waals surface area contributed by atoms with Crippen LogP contribution in [0.3, 0.4) is 0 Å². The molecule has 3 rings (SSSR count). The first-order valence-corrected chi connectivity index (χ1v) is 5.09. The molecule has 0 unspecified atom stereocenters. The van der Waals surface area contributed by atoms with E-state index in [1.807, 2.05) is 24.3 Å². The summed E-state index contributed by atoms with van der Waals surface area (Å²) in [6, 6.07) is 7.93. The normalized spacial score (nSPS) is 15.7. The fourth-order valence-corrected chi connectivity index (χ4v) is 2.21. The number of hydrogen-bond acceptors (Lipinski definition) is 1. The number of aryl methyl sites for hydroxylation is 1. The monoisotopic (exact) mass is 197 g/mol. The lowest BCUT2D eigenvalue weighted by atomic mass is 9.91. The minimum absolute atomic E-state index is 0.105. The molecule has 2 nitrogen and oxygen atoms in total. The predicted octanol–water partition coefficient (Wildman–Crippen LogP) is 2.85. The van der Waals surface area contributed by atoms with Crippen LogP contribution in [0.2, 0.25) is 0 Å². The lowest BCUT2D eigenvalue weighted by Gasteiger charge is -2.12. The van der Waals surface area contributed by atoms with E-state index in [9.17, 15) is 4.79 Å². The van der Waals surface area contributed by atoms with Gasteiger partial charge in [0.15, 0.2) is 5.78 Å². The Kier molecular flexibility index (Phi) is 1.60. The molecule has 1 aliphatic rings. The third-order valence-corrected chi connectivity index (χ3v) is 3.01. The zero-order chi connectivity index (χ0) is 10.4. The highest BCUT2D eigenvalue weighted by molar-refractivity contribution is 6.17. The lowest BCUT2D eigenvalue weighted by Crippen LogP contribution is -2.11. The highest BCUT2D eigenvalue weighted by Gasteiger charge is 2.24. The number of allylic oxidation sites excluding steroid dienone is 1. The second-order valence-electron chi connectivity index (χ2n) is 3.96. The maximum Gasteiger partial charge on any atom is 0.190 e. The number of rotatable bonds is 0. The SMILES string of the molecule is C=C1CCc2[nH]c3ccccc3c2C1=O. The number of carbonyl (C=O) groups is 1. The Morgan fingerprint density at radius 2 is 2.00 bits per heavy atom. The second kappa shape index (κ2) is 2.83. The number of ketones is 1. The van der Waals surface area contributed by atoms with Crippen LogP contribution in [-0.4, -0.2) is 10.8 Å². The Morgan fingerprint density at radius 1 is 1.20 bits per heavy atom. The first-order valence-electron chi connectivity index (χ1n) is 5.09. The van der Waals surface area contributed by atoms with Gasteiger partial charge in [-0.15, -0.1) is 0 Å². The van der Waals surface area contributed by atoms with E-state index in [0.717, 1.165) is 40.6 Å². The van der Waals surface area contributed by atoms with E-state index in [-0.39, 0.29) is 5.78 Å². The molecule has 1 aromatic heterocycles. The second-order valence-corrected chi connectivity index (χ2v) is 3.96. The van der Waals surface area contributed by atoms with E-state index in [4.69, 9.17) is 0 Å². The lowest BCUT2D eigenvalue weighted by molar-refractivity contribution is 0.102. The van der Waals surface area contributed by atoms with Gasteiger partial charge in [0.05, 0.1) is 5.56 Å². The van der Waals surface area contributed by atoms with Crippen LogP contribution in [0.1, 0.15) is 22.5 Å². The molecule has 1 N–H and O–H groups in total. The highest BCUT2D eigenvalue weighted by Crippen LogP contribution is 2.30. The molecule has 2 aromatic rings. The van der Waals surface area contributed by atoms with E-state index in [1.54, 1.807) is 0 Å². The third-order valence-electron chi connectivity index (χ3n) is 3.01. The number of fused-ring (bicyclic) bond motifs is 3. The van der Waals surface area contributed by atoms with Crippen molar-refractivity contribution in [2.24, 2.45) is 0 Å². The Bertz CT molecular complexity index is 577. The van der Waals surface area contributed by atoms with Gasteiger partial charge < -0.3 is 4.98 Å². The summed E-state index contributed by atoms with van der Waals surface area (Å²) in [7, 11) is 0. The molecule has 0 saturated heterocycles. The molecule has 0 saturated carbocycles. The number of benzene rings is 1. The summed E-state index contributed by atoms with van der Waals surface area (Å²) >= 11 is 0. The fraction of sp³-hybridized carbons (Fsp3) is 0.154. The zero-order valence-corrected chi connectivity index (χ0v) is 8.34. The van der Waals surface area contributed by atoms with Crippen molar-refractivity contribution in [1.29, 1.82) is 0 Å². The van der Waals surface area contributed by atoms with Crippen LogP contribution in [0.25, 0.3) is 10.9 Å². The first kappa shape index (κ1) is 8.48. The Labute approximate surface area is 87.6 Å². The summed E-state index contributed by atoms with van der Waals surface area (Å²) in [6.07, 6.45) is 1.67. The minimum Gasteiger partial charge on any atom is -0.358 e. The molecule has 1 heterocycles. The maximum atomic E-state index is 12.0. The van der Waals surface area contributed by atoms with Crippen molar-refractivity contribution in [3.8, 4) is 0 Å². The van der Waals surface area contributed by atoms with E-state index < -0.39 is 0 Å². The van der Waals surface area contributed by atoms with Gasteiger partial charge in [-0.1, -0.05) is 24.8 Å². The smallest absolute Gasteiger partial charge is 0.190 e. The van der Waals surface area contributed by atoms with Crippen LogP contribution in [0, 0.1) is 0 Å². The third kappa shape index (κ3) is 1.08. The number of para-hydroxylation sites is 1. The van der Waals surface area contributed by atoms with Crippen molar-refractivity contribution in [2.75, 3.05) is 0 Å². The molecule has 0 spiro atoms. The molecule has 74 valence electrons. The van der Waals surface area contributed by atoms with Crippen LogP contribution < -0.4 is 0 Å². The van der Waals surface area contributed by atoms with Crippen LogP contribution in [-0.2, 0) is 6.42 Å². The van der Waals surface area contributed by atoms with Crippen LogP contribution in [0.4, 0.5) is 0 Å². The van der Waals surface area contributed by atoms with Gasteiger partial charge in [-0.3, -0.25) is 4.79 Å². The van der Waals surface area contributed by atoms with Crippen LogP contribution >= 0.6 is 0 Å². The van der Waals surface area contributed by atoms with E-state index in [0.29, 0.717) is 0 Å². The molecule has 0 radical (unpaired) electrons. The minimum atomic E-state index is 0.105. The van der Waals surface area contributed by atoms with Gasteiger partial charge in [0.2, 0.25) is 0 Å². The molecule has 0 bridgehead atoms. The molecule has 2 heteroatoms. The van der Waals surface area contributed by atoms with Crippen LogP contribution in [0.5, 0.6) is 0 Å². The topological polar surface area (TPSA) is 32.9 Å². The van der Waals surface area contributed by atoms with Crippen molar-refractivity contribution in [3.63, 3.8) is 0 Å². The van der Waals surface area contributed by atoms with Gasteiger partial charge in [0, 0.05) is 16.6 Å². The Balaban J connectivity index is 2.38. The molecule has 0 amide bonds. The van der Waals surface area contributed by atoms with Crippen molar-refractivity contribution >= 4 is 16.7 Å². The van der Waals surface area contributed by atoms with Gasteiger partial charge >= 0.3 is 0 Å². The standard InChI is InChI=1S/C13H11NO/c1-8-6-7-11-12(13(8)15)9-4-2-3-5-10(9)14-11/h2-5,14H,1,6-7H2. The molecule has 0 atom stereocenters. The summed E-state index contributed by atoms with van der Waals surface area (Å²) in [6.45, 7) is 3.82. The zero-order valence-electron chi connectivity index (χ0n) is 8.34. The average molecular weight is 197 g/mol. The maximum absolute atomic E-state index is 12.0. The average Bonchev–Trinajstić information content (AvgIpc) is 2.62. The Hall–Kier alpha value is -1.83. The summed E-state index contributed by atoms with van der Waals surface area (Å²) in [4.78, 5) is 15.3. The van der Waals surface area contributed by atoms with Gasteiger partial charge in [-0.2, -0.15) is 0 Å². The molecule has 1 aliphatic carbocycles. The summed E-state index contributed by atoms with van der Waals surface area (Å²) in [5.41, 5.74) is 3.67. The van der Waals surface area contributed by atoms with Crippen LogP contribution in [0.15, 0.2) is 36.4 Å². The molecule has 0 fully saturated rings. The highest BCUT2D eigenvalue weighted by atomic mass is 16.1. The largest absolute Gasteiger partial charge is 0.358 e. The summed E-state index contributed by atoms with van der Waals surface area (Å²) in [5, 5.41) is 1.03. The molecular formula is C13H11NO. The van der Waals surface area contributed by atoms with Gasteiger partial charge in [-0.05, 0) is 24.5 Å². The number of Topliss-reactive ketones (excluding diaryl/α,β-unsaturated/α-hetero) is 1.